The van der Waals surface area contributed by atoms with E-state index in [1.807, 2.05) is 36.4 Å². The molecule has 2 aromatic rings. The normalized spacial score (nSPS) is 24.5. The van der Waals surface area contributed by atoms with Crippen LogP contribution in [-0.4, -0.2) is 43.4 Å². The zero-order valence-electron chi connectivity index (χ0n) is 17.2. The van der Waals surface area contributed by atoms with Crippen LogP contribution in [-0.2, 0) is 6.42 Å². The quantitative estimate of drug-likeness (QED) is 0.800. The fourth-order valence-electron chi connectivity index (χ4n) is 4.19. The summed E-state index contributed by atoms with van der Waals surface area (Å²) in [6.07, 6.45) is 3.71. The molecule has 3 heteroatoms. The second-order valence-corrected chi connectivity index (χ2v) is 8.20. The molecule has 1 saturated carbocycles. The zero-order chi connectivity index (χ0) is 20.0. The molecular formula is C25H31NO2. The predicted octanol–water partition coefficient (Wildman–Crippen LogP) is 4.00. The van der Waals surface area contributed by atoms with Crippen molar-refractivity contribution < 1.29 is 9.84 Å². The molecule has 148 valence electrons. The molecule has 1 fully saturated rings. The van der Waals surface area contributed by atoms with Gasteiger partial charge in [-0.25, -0.2) is 0 Å². The van der Waals surface area contributed by atoms with Gasteiger partial charge in [-0.2, -0.15) is 0 Å². The Hall–Kier alpha value is -2.28. The Kier molecular flexibility index (Phi) is 6.78. The summed E-state index contributed by atoms with van der Waals surface area (Å²) in [7, 11) is 5.84. The van der Waals surface area contributed by atoms with Crippen molar-refractivity contribution in [2.75, 3.05) is 27.7 Å². The van der Waals surface area contributed by atoms with Gasteiger partial charge < -0.3 is 14.7 Å². The molecule has 3 nitrogen and oxygen atoms in total. The smallest absolute Gasteiger partial charge is 0.129 e. The first-order valence-corrected chi connectivity index (χ1v) is 10.1. The highest BCUT2D eigenvalue weighted by Gasteiger charge is 2.41. The highest BCUT2D eigenvalue weighted by atomic mass is 16.5. The van der Waals surface area contributed by atoms with Crippen LogP contribution in [0.1, 0.15) is 30.4 Å². The Labute approximate surface area is 169 Å². The van der Waals surface area contributed by atoms with Crippen LogP contribution >= 0.6 is 0 Å². The van der Waals surface area contributed by atoms with E-state index in [0.717, 1.165) is 43.5 Å². The van der Waals surface area contributed by atoms with Crippen LogP contribution < -0.4 is 4.74 Å². The molecule has 0 spiro atoms. The van der Waals surface area contributed by atoms with E-state index in [-0.39, 0.29) is 5.92 Å². The first-order chi connectivity index (χ1) is 13.5. The van der Waals surface area contributed by atoms with Crippen molar-refractivity contribution in [3.63, 3.8) is 0 Å². The third-order valence-electron chi connectivity index (χ3n) is 5.67. The van der Waals surface area contributed by atoms with Crippen molar-refractivity contribution in [2.24, 2.45) is 11.8 Å². The highest BCUT2D eigenvalue weighted by molar-refractivity contribution is 5.36. The molecule has 0 aromatic heterocycles. The molecule has 0 amide bonds. The summed E-state index contributed by atoms with van der Waals surface area (Å²) in [5, 5.41) is 11.4. The maximum Gasteiger partial charge on any atom is 0.129 e. The van der Waals surface area contributed by atoms with Crippen molar-refractivity contribution in [1.82, 2.24) is 4.90 Å². The molecule has 0 aliphatic heterocycles. The average molecular weight is 378 g/mol. The molecule has 3 unspecified atom stereocenters. The lowest BCUT2D eigenvalue weighted by atomic mass is 9.69. The first-order valence-electron chi connectivity index (χ1n) is 10.1. The Bertz CT molecular complexity index is 821. The maximum absolute atomic E-state index is 11.4. The lowest BCUT2D eigenvalue weighted by Crippen LogP contribution is -2.46. The molecular weight excluding hydrogens is 346 g/mol. The molecule has 3 rings (SSSR count). The van der Waals surface area contributed by atoms with Gasteiger partial charge in [-0.1, -0.05) is 42.2 Å². The van der Waals surface area contributed by atoms with Gasteiger partial charge in [-0.3, -0.25) is 0 Å². The van der Waals surface area contributed by atoms with Crippen LogP contribution in [0.25, 0.3) is 0 Å². The number of hydrogen-bond acceptors (Lipinski definition) is 3. The second kappa shape index (κ2) is 9.28. The van der Waals surface area contributed by atoms with Crippen molar-refractivity contribution in [3.05, 3.63) is 65.7 Å². The van der Waals surface area contributed by atoms with E-state index in [4.69, 9.17) is 4.74 Å². The maximum atomic E-state index is 11.4. The molecule has 0 bridgehead atoms. The summed E-state index contributed by atoms with van der Waals surface area (Å²) in [6.45, 7) is 0.842. The number of aliphatic hydroxyl groups is 1. The molecule has 1 N–H and O–H groups in total. The van der Waals surface area contributed by atoms with Gasteiger partial charge in [0.05, 0.1) is 7.11 Å². The molecule has 1 aliphatic carbocycles. The molecule has 3 atom stereocenters. The van der Waals surface area contributed by atoms with Gasteiger partial charge in [-0.15, -0.1) is 0 Å². The van der Waals surface area contributed by atoms with E-state index >= 15 is 0 Å². The highest BCUT2D eigenvalue weighted by Crippen LogP contribution is 2.39. The van der Waals surface area contributed by atoms with Crippen molar-refractivity contribution in [3.8, 4) is 17.6 Å². The van der Waals surface area contributed by atoms with Crippen LogP contribution in [0.4, 0.5) is 0 Å². The average Bonchev–Trinajstić information content (AvgIpc) is 2.70. The van der Waals surface area contributed by atoms with Crippen LogP contribution in [0, 0.1) is 23.7 Å². The number of benzene rings is 2. The molecule has 28 heavy (non-hydrogen) atoms. The Morgan fingerprint density at radius 1 is 1.14 bits per heavy atom. The minimum absolute atomic E-state index is 0.142. The summed E-state index contributed by atoms with van der Waals surface area (Å²) in [4.78, 5) is 2.16. The summed E-state index contributed by atoms with van der Waals surface area (Å²) < 4.78 is 5.36. The molecule has 1 aliphatic rings. The summed E-state index contributed by atoms with van der Waals surface area (Å²) >= 11 is 0. The van der Waals surface area contributed by atoms with E-state index < -0.39 is 5.60 Å². The van der Waals surface area contributed by atoms with Crippen LogP contribution in [0.5, 0.6) is 5.75 Å². The number of rotatable bonds is 5. The fourth-order valence-corrected chi connectivity index (χ4v) is 4.19. The number of hydrogen-bond donors (Lipinski definition) is 1. The van der Waals surface area contributed by atoms with E-state index in [9.17, 15) is 5.11 Å². The number of ether oxygens (including phenoxy) is 1. The summed E-state index contributed by atoms with van der Waals surface area (Å²) in [5.41, 5.74) is 1.33. The third kappa shape index (κ3) is 5.38. The van der Waals surface area contributed by atoms with Crippen molar-refractivity contribution >= 4 is 0 Å². The molecule has 2 aromatic carbocycles. The van der Waals surface area contributed by atoms with Gasteiger partial charge >= 0.3 is 0 Å². The van der Waals surface area contributed by atoms with E-state index in [0.29, 0.717) is 5.92 Å². The van der Waals surface area contributed by atoms with Crippen molar-refractivity contribution in [2.45, 2.75) is 31.3 Å². The topological polar surface area (TPSA) is 32.7 Å². The number of methoxy groups -OCH3 is 1. The summed E-state index contributed by atoms with van der Waals surface area (Å²) in [5.74, 6) is 8.03. The van der Waals surface area contributed by atoms with E-state index in [1.54, 1.807) is 7.11 Å². The molecule has 0 radical (unpaired) electrons. The largest absolute Gasteiger partial charge is 0.497 e. The van der Waals surface area contributed by atoms with Crippen molar-refractivity contribution in [1.29, 1.82) is 0 Å². The Balaban J connectivity index is 1.74. The lowest BCUT2D eigenvalue weighted by molar-refractivity contribution is -0.0221. The van der Waals surface area contributed by atoms with Gasteiger partial charge in [0.2, 0.25) is 0 Å². The van der Waals surface area contributed by atoms with Gasteiger partial charge in [0.25, 0.3) is 0 Å². The lowest BCUT2D eigenvalue weighted by Gasteiger charge is -2.41. The van der Waals surface area contributed by atoms with E-state index in [1.165, 1.54) is 5.56 Å². The first kappa shape index (κ1) is 20.5. The minimum Gasteiger partial charge on any atom is -0.497 e. The van der Waals surface area contributed by atoms with Crippen LogP contribution in [0.15, 0.2) is 54.6 Å². The van der Waals surface area contributed by atoms with Crippen LogP contribution in [0.2, 0.25) is 0 Å². The van der Waals surface area contributed by atoms with Crippen LogP contribution in [0.3, 0.4) is 0 Å². The monoisotopic (exact) mass is 377 g/mol. The predicted molar refractivity (Wildman–Crippen MR) is 114 cm³/mol. The summed E-state index contributed by atoms with van der Waals surface area (Å²) in [6, 6.07) is 18.3. The van der Waals surface area contributed by atoms with E-state index in [2.05, 4.69) is 49.0 Å². The molecule has 0 saturated heterocycles. The minimum atomic E-state index is -0.926. The number of nitrogens with zero attached hydrogens (tertiary/aromatic N) is 1. The molecule has 0 heterocycles. The van der Waals surface area contributed by atoms with Gasteiger partial charge in [-0.05, 0) is 75.5 Å². The standard InChI is InChI=1S/C25H31NO2/c1-26(2)19-23-17-22(16-21-10-7-11-24(18-21)28-3)13-15-25(23,27)14-12-20-8-5-4-6-9-20/h4-11,18,22-23,27H,13,15-17,19H2,1-3H3. The SMILES string of the molecule is COc1cccc(CC2CCC(O)(C#Cc3ccccc3)C(CN(C)C)C2)c1. The van der Waals surface area contributed by atoms with Gasteiger partial charge in [0, 0.05) is 18.0 Å². The fraction of sp³-hybridized carbons (Fsp3) is 0.440. The Morgan fingerprint density at radius 2 is 1.93 bits per heavy atom. The Morgan fingerprint density at radius 3 is 2.64 bits per heavy atom. The third-order valence-corrected chi connectivity index (χ3v) is 5.67. The van der Waals surface area contributed by atoms with Gasteiger partial charge in [0.1, 0.15) is 11.4 Å². The van der Waals surface area contributed by atoms with Gasteiger partial charge in [0.15, 0.2) is 0 Å². The second-order valence-electron chi connectivity index (χ2n) is 8.20. The zero-order valence-corrected chi connectivity index (χ0v) is 17.2.